The van der Waals surface area contributed by atoms with E-state index < -0.39 is 0 Å². The minimum absolute atomic E-state index is 0.496. The molecule has 0 spiro atoms. The predicted molar refractivity (Wildman–Crippen MR) is 59.0 cm³/mol. The standard InChI is InChI=1S/C12H14O3/c1-4-15-9(2)10-5-6-12(14-3)11(7-10)8-13/h5-8H,2,4H2,1,3H3. The third-order valence-electron chi connectivity index (χ3n) is 2.00. The second kappa shape index (κ2) is 5.20. The number of aldehydes is 1. The highest BCUT2D eigenvalue weighted by Crippen LogP contribution is 2.22. The first kappa shape index (κ1) is 11.3. The lowest BCUT2D eigenvalue weighted by Crippen LogP contribution is -1.94. The lowest BCUT2D eigenvalue weighted by Gasteiger charge is -2.09. The molecule has 0 aromatic heterocycles. The van der Waals surface area contributed by atoms with E-state index in [0.717, 1.165) is 11.8 Å². The van der Waals surface area contributed by atoms with E-state index in [9.17, 15) is 4.79 Å². The molecule has 15 heavy (non-hydrogen) atoms. The number of methoxy groups -OCH3 is 1. The van der Waals surface area contributed by atoms with Crippen LogP contribution in [0.5, 0.6) is 5.75 Å². The van der Waals surface area contributed by atoms with Crippen LogP contribution in [0, 0.1) is 0 Å². The Morgan fingerprint density at radius 1 is 1.53 bits per heavy atom. The summed E-state index contributed by atoms with van der Waals surface area (Å²) in [5.41, 5.74) is 1.29. The summed E-state index contributed by atoms with van der Waals surface area (Å²) >= 11 is 0. The third kappa shape index (κ3) is 2.59. The smallest absolute Gasteiger partial charge is 0.153 e. The second-order valence-electron chi connectivity index (χ2n) is 2.93. The summed E-state index contributed by atoms with van der Waals surface area (Å²) in [6, 6.07) is 5.23. The Kier molecular flexibility index (Phi) is 3.92. The molecule has 1 aromatic carbocycles. The van der Waals surface area contributed by atoms with E-state index in [1.165, 1.54) is 7.11 Å². The first-order chi connectivity index (χ1) is 7.22. The number of ether oxygens (including phenoxy) is 2. The van der Waals surface area contributed by atoms with Crippen molar-refractivity contribution in [2.45, 2.75) is 6.92 Å². The van der Waals surface area contributed by atoms with Gasteiger partial charge in [-0.25, -0.2) is 0 Å². The van der Waals surface area contributed by atoms with Crippen molar-refractivity contribution in [3.05, 3.63) is 35.9 Å². The maximum absolute atomic E-state index is 10.8. The molecule has 0 atom stereocenters. The van der Waals surface area contributed by atoms with Crippen LogP contribution in [0.15, 0.2) is 24.8 Å². The van der Waals surface area contributed by atoms with Crippen LogP contribution in [0.3, 0.4) is 0 Å². The van der Waals surface area contributed by atoms with E-state index in [4.69, 9.17) is 9.47 Å². The van der Waals surface area contributed by atoms with Crippen molar-refractivity contribution in [1.29, 1.82) is 0 Å². The van der Waals surface area contributed by atoms with Crippen LogP contribution in [0.2, 0.25) is 0 Å². The highest BCUT2D eigenvalue weighted by atomic mass is 16.5. The monoisotopic (exact) mass is 206 g/mol. The van der Waals surface area contributed by atoms with E-state index >= 15 is 0 Å². The molecule has 3 nitrogen and oxygen atoms in total. The fourth-order valence-electron chi connectivity index (χ4n) is 1.26. The van der Waals surface area contributed by atoms with Gasteiger partial charge in [0.25, 0.3) is 0 Å². The Morgan fingerprint density at radius 2 is 2.27 bits per heavy atom. The molecule has 0 bridgehead atoms. The van der Waals surface area contributed by atoms with Gasteiger partial charge in [0.1, 0.15) is 11.5 Å². The van der Waals surface area contributed by atoms with Crippen LogP contribution in [0.25, 0.3) is 5.76 Å². The maximum atomic E-state index is 10.8. The van der Waals surface area contributed by atoms with Gasteiger partial charge >= 0.3 is 0 Å². The van der Waals surface area contributed by atoms with Crippen molar-refractivity contribution in [3.63, 3.8) is 0 Å². The number of hydrogen-bond donors (Lipinski definition) is 0. The largest absolute Gasteiger partial charge is 0.496 e. The second-order valence-corrected chi connectivity index (χ2v) is 2.93. The Bertz CT molecular complexity index is 369. The third-order valence-corrected chi connectivity index (χ3v) is 2.00. The van der Waals surface area contributed by atoms with E-state index in [0.29, 0.717) is 23.7 Å². The molecule has 1 rings (SSSR count). The molecule has 0 unspecified atom stereocenters. The molecule has 0 amide bonds. The molecular weight excluding hydrogens is 192 g/mol. The Hall–Kier alpha value is -1.77. The van der Waals surface area contributed by atoms with Gasteiger partial charge in [-0.2, -0.15) is 0 Å². The van der Waals surface area contributed by atoms with Gasteiger partial charge in [-0.3, -0.25) is 4.79 Å². The lowest BCUT2D eigenvalue weighted by molar-refractivity contribution is 0.112. The van der Waals surface area contributed by atoms with Crippen molar-refractivity contribution < 1.29 is 14.3 Å². The fourth-order valence-corrected chi connectivity index (χ4v) is 1.26. The highest BCUT2D eigenvalue weighted by Gasteiger charge is 2.05. The molecule has 0 fully saturated rings. The van der Waals surface area contributed by atoms with Crippen LogP contribution in [0.1, 0.15) is 22.8 Å². The van der Waals surface area contributed by atoms with Gasteiger partial charge in [0, 0.05) is 5.56 Å². The van der Waals surface area contributed by atoms with Crippen molar-refractivity contribution in [2.75, 3.05) is 13.7 Å². The van der Waals surface area contributed by atoms with Crippen molar-refractivity contribution in [1.82, 2.24) is 0 Å². The lowest BCUT2D eigenvalue weighted by atomic mass is 10.1. The van der Waals surface area contributed by atoms with Gasteiger partial charge in [-0.1, -0.05) is 6.58 Å². The summed E-state index contributed by atoms with van der Waals surface area (Å²) in [6.45, 7) is 6.21. The summed E-state index contributed by atoms with van der Waals surface area (Å²) in [4.78, 5) is 10.8. The Labute approximate surface area is 89.3 Å². The molecule has 0 saturated heterocycles. The average Bonchev–Trinajstić information content (AvgIpc) is 2.28. The van der Waals surface area contributed by atoms with Gasteiger partial charge < -0.3 is 9.47 Å². The predicted octanol–water partition coefficient (Wildman–Crippen LogP) is 2.51. The van der Waals surface area contributed by atoms with Crippen molar-refractivity contribution in [3.8, 4) is 5.75 Å². The van der Waals surface area contributed by atoms with Crippen molar-refractivity contribution >= 4 is 12.0 Å². The summed E-state index contributed by atoms with van der Waals surface area (Å²) in [7, 11) is 1.53. The molecular formula is C12H14O3. The maximum Gasteiger partial charge on any atom is 0.153 e. The average molecular weight is 206 g/mol. The quantitative estimate of drug-likeness (QED) is 0.548. The number of carbonyl (C=O) groups excluding carboxylic acids is 1. The van der Waals surface area contributed by atoms with E-state index in [-0.39, 0.29) is 0 Å². The van der Waals surface area contributed by atoms with Crippen LogP contribution < -0.4 is 4.74 Å². The zero-order valence-corrected chi connectivity index (χ0v) is 8.95. The number of carbonyl (C=O) groups is 1. The van der Waals surface area contributed by atoms with E-state index in [1.807, 2.05) is 13.0 Å². The molecule has 0 aliphatic rings. The molecule has 0 aliphatic carbocycles. The fraction of sp³-hybridized carbons (Fsp3) is 0.250. The van der Waals surface area contributed by atoms with Gasteiger partial charge in [0.2, 0.25) is 0 Å². The molecule has 0 N–H and O–H groups in total. The van der Waals surface area contributed by atoms with Gasteiger partial charge in [-0.15, -0.1) is 0 Å². The van der Waals surface area contributed by atoms with Gasteiger partial charge in [-0.05, 0) is 25.1 Å². The zero-order chi connectivity index (χ0) is 11.3. The number of rotatable bonds is 5. The summed E-state index contributed by atoms with van der Waals surface area (Å²) < 4.78 is 10.3. The SMILES string of the molecule is C=C(OCC)c1ccc(OC)c(C=O)c1. The van der Waals surface area contributed by atoms with Crippen LogP contribution in [-0.4, -0.2) is 20.0 Å². The van der Waals surface area contributed by atoms with Crippen LogP contribution in [-0.2, 0) is 4.74 Å². The first-order valence-corrected chi connectivity index (χ1v) is 4.68. The molecule has 0 heterocycles. The topological polar surface area (TPSA) is 35.5 Å². The van der Waals surface area contributed by atoms with E-state index in [2.05, 4.69) is 6.58 Å². The molecule has 0 radical (unpaired) electrons. The number of benzene rings is 1. The van der Waals surface area contributed by atoms with Gasteiger partial charge in [0.15, 0.2) is 6.29 Å². The van der Waals surface area contributed by atoms with Crippen LogP contribution in [0.4, 0.5) is 0 Å². The van der Waals surface area contributed by atoms with Crippen LogP contribution >= 0.6 is 0 Å². The van der Waals surface area contributed by atoms with Gasteiger partial charge in [0.05, 0.1) is 19.3 Å². The molecule has 3 heteroatoms. The number of hydrogen-bond acceptors (Lipinski definition) is 3. The Balaban J connectivity index is 3.02. The zero-order valence-electron chi connectivity index (χ0n) is 8.95. The molecule has 0 aliphatic heterocycles. The summed E-state index contributed by atoms with van der Waals surface area (Å²) in [6.07, 6.45) is 0.752. The first-order valence-electron chi connectivity index (χ1n) is 4.68. The minimum atomic E-state index is 0.496. The molecule has 80 valence electrons. The Morgan fingerprint density at radius 3 is 2.80 bits per heavy atom. The minimum Gasteiger partial charge on any atom is -0.496 e. The van der Waals surface area contributed by atoms with Crippen molar-refractivity contribution in [2.24, 2.45) is 0 Å². The van der Waals surface area contributed by atoms with E-state index in [1.54, 1.807) is 12.1 Å². The molecule has 0 saturated carbocycles. The highest BCUT2D eigenvalue weighted by molar-refractivity contribution is 5.81. The summed E-state index contributed by atoms with van der Waals surface area (Å²) in [5.74, 6) is 1.11. The molecule has 1 aromatic rings. The normalized spacial score (nSPS) is 9.47. The summed E-state index contributed by atoms with van der Waals surface area (Å²) in [5, 5.41) is 0.